The molecule has 8 heteroatoms. The zero-order valence-corrected chi connectivity index (χ0v) is 15.6. The van der Waals surface area contributed by atoms with Gasteiger partial charge in [0.1, 0.15) is 0 Å². The van der Waals surface area contributed by atoms with Gasteiger partial charge in [0, 0.05) is 13.0 Å². The van der Waals surface area contributed by atoms with E-state index in [4.69, 9.17) is 23.1 Å². The van der Waals surface area contributed by atoms with E-state index in [9.17, 15) is 9.59 Å². The number of nitrogen functional groups attached to an aromatic ring is 1. The van der Waals surface area contributed by atoms with Crippen molar-refractivity contribution in [3.05, 3.63) is 87.8 Å². The third-order valence-electron chi connectivity index (χ3n) is 4.04. The van der Waals surface area contributed by atoms with Gasteiger partial charge in [0.2, 0.25) is 0 Å². The van der Waals surface area contributed by atoms with Crippen LogP contribution in [-0.4, -0.2) is 21.8 Å². The second-order valence-corrected chi connectivity index (χ2v) is 6.53. The Morgan fingerprint density at radius 1 is 1.07 bits per heavy atom. The van der Waals surface area contributed by atoms with E-state index in [0.29, 0.717) is 29.2 Å². The molecule has 0 saturated heterocycles. The Hall–Kier alpha value is -3.45. The molecule has 0 aliphatic heterocycles. The predicted octanol–water partition coefficient (Wildman–Crippen LogP) is 2.33. The Labute approximate surface area is 166 Å². The molecule has 0 unspecified atom stereocenters. The molecule has 0 aliphatic rings. The van der Waals surface area contributed by atoms with Crippen LogP contribution in [0.5, 0.6) is 0 Å². The van der Waals surface area contributed by atoms with Crippen molar-refractivity contribution in [1.82, 2.24) is 15.3 Å². The number of carbonyl (C=O) groups is 2. The van der Waals surface area contributed by atoms with E-state index in [2.05, 4.69) is 15.3 Å². The molecule has 2 aromatic carbocycles. The van der Waals surface area contributed by atoms with Crippen LogP contribution >= 0.6 is 11.6 Å². The molecule has 0 spiro atoms. The van der Waals surface area contributed by atoms with Crippen molar-refractivity contribution in [2.45, 2.75) is 13.0 Å². The van der Waals surface area contributed by atoms with Gasteiger partial charge in [-0.1, -0.05) is 48.0 Å². The number of anilines is 1. The van der Waals surface area contributed by atoms with Crippen LogP contribution in [0.1, 0.15) is 37.7 Å². The molecule has 142 valence electrons. The summed E-state index contributed by atoms with van der Waals surface area (Å²) in [6.45, 7) is 0.394. The van der Waals surface area contributed by atoms with Gasteiger partial charge in [0.15, 0.2) is 11.5 Å². The first-order chi connectivity index (χ1) is 13.4. The second kappa shape index (κ2) is 8.49. The molecular weight excluding hydrogens is 378 g/mol. The molecule has 0 aliphatic carbocycles. The average Bonchev–Trinajstić information content (AvgIpc) is 2.69. The summed E-state index contributed by atoms with van der Waals surface area (Å²) in [5, 5.41) is 3.19. The monoisotopic (exact) mass is 395 g/mol. The number of nitrogens with two attached hydrogens (primary N) is 2. The van der Waals surface area contributed by atoms with Gasteiger partial charge in [0.25, 0.3) is 11.8 Å². The minimum atomic E-state index is -0.746. The van der Waals surface area contributed by atoms with E-state index in [1.165, 1.54) is 6.20 Å². The van der Waals surface area contributed by atoms with Gasteiger partial charge in [-0.3, -0.25) is 9.59 Å². The SMILES string of the molecule is NC(=O)c1nc(Cc2ccc(Cl)c(C(=O)NCc3ccccc3)c2)cnc1N. The van der Waals surface area contributed by atoms with Crippen molar-refractivity contribution >= 4 is 29.2 Å². The molecule has 3 rings (SSSR count). The van der Waals surface area contributed by atoms with Crippen LogP contribution in [0, 0.1) is 0 Å². The topological polar surface area (TPSA) is 124 Å². The number of nitrogens with zero attached hydrogens (tertiary/aromatic N) is 2. The highest BCUT2D eigenvalue weighted by atomic mass is 35.5. The van der Waals surface area contributed by atoms with Crippen LogP contribution in [-0.2, 0) is 13.0 Å². The fourth-order valence-corrected chi connectivity index (χ4v) is 2.84. The summed E-state index contributed by atoms with van der Waals surface area (Å²) in [7, 11) is 0. The molecule has 0 fully saturated rings. The smallest absolute Gasteiger partial charge is 0.271 e. The maximum absolute atomic E-state index is 12.5. The van der Waals surface area contributed by atoms with Crippen molar-refractivity contribution in [2.24, 2.45) is 5.73 Å². The molecule has 0 saturated carbocycles. The molecular formula is C20H18ClN5O2. The zero-order valence-electron chi connectivity index (χ0n) is 14.9. The zero-order chi connectivity index (χ0) is 20.1. The maximum Gasteiger partial charge on any atom is 0.271 e. The fourth-order valence-electron chi connectivity index (χ4n) is 2.64. The molecule has 3 aromatic rings. The number of halogens is 1. The maximum atomic E-state index is 12.5. The molecule has 0 atom stereocenters. The van der Waals surface area contributed by atoms with Crippen molar-refractivity contribution in [1.29, 1.82) is 0 Å². The van der Waals surface area contributed by atoms with Crippen molar-refractivity contribution in [3.63, 3.8) is 0 Å². The van der Waals surface area contributed by atoms with Gasteiger partial charge >= 0.3 is 0 Å². The average molecular weight is 396 g/mol. The van der Waals surface area contributed by atoms with Gasteiger partial charge in [0.05, 0.1) is 22.5 Å². The van der Waals surface area contributed by atoms with E-state index in [1.807, 2.05) is 30.3 Å². The molecule has 2 amide bonds. The molecule has 0 radical (unpaired) electrons. The van der Waals surface area contributed by atoms with Crippen molar-refractivity contribution < 1.29 is 9.59 Å². The number of rotatable bonds is 6. The number of hydrogen-bond acceptors (Lipinski definition) is 5. The van der Waals surface area contributed by atoms with Crippen molar-refractivity contribution in [2.75, 3.05) is 5.73 Å². The quantitative estimate of drug-likeness (QED) is 0.590. The second-order valence-electron chi connectivity index (χ2n) is 6.12. The lowest BCUT2D eigenvalue weighted by Crippen LogP contribution is -2.23. The van der Waals surface area contributed by atoms with Crippen LogP contribution in [0.3, 0.4) is 0 Å². The van der Waals surface area contributed by atoms with E-state index in [1.54, 1.807) is 18.2 Å². The van der Waals surface area contributed by atoms with Crippen LogP contribution in [0.4, 0.5) is 5.82 Å². The van der Waals surface area contributed by atoms with Gasteiger partial charge in [-0.15, -0.1) is 0 Å². The Morgan fingerprint density at radius 3 is 2.54 bits per heavy atom. The number of amides is 2. The first-order valence-electron chi connectivity index (χ1n) is 8.46. The number of primary amides is 1. The molecule has 1 heterocycles. The summed E-state index contributed by atoms with van der Waals surface area (Å²) >= 11 is 6.20. The summed E-state index contributed by atoms with van der Waals surface area (Å²) < 4.78 is 0. The minimum Gasteiger partial charge on any atom is -0.382 e. The third kappa shape index (κ3) is 4.63. The van der Waals surface area contributed by atoms with Gasteiger partial charge < -0.3 is 16.8 Å². The highest BCUT2D eigenvalue weighted by Gasteiger charge is 2.14. The molecule has 5 N–H and O–H groups in total. The van der Waals surface area contributed by atoms with Gasteiger partial charge in [-0.2, -0.15) is 0 Å². The normalized spacial score (nSPS) is 10.5. The Bertz CT molecular complexity index is 1020. The van der Waals surface area contributed by atoms with E-state index in [0.717, 1.165) is 11.1 Å². The summed E-state index contributed by atoms with van der Waals surface area (Å²) in [4.78, 5) is 32.0. The summed E-state index contributed by atoms with van der Waals surface area (Å²) in [6, 6.07) is 14.7. The third-order valence-corrected chi connectivity index (χ3v) is 4.37. The highest BCUT2D eigenvalue weighted by Crippen LogP contribution is 2.20. The summed E-state index contributed by atoms with van der Waals surface area (Å²) in [5.74, 6) is -1.05. The first-order valence-corrected chi connectivity index (χ1v) is 8.83. The molecule has 1 aromatic heterocycles. The number of hydrogen-bond donors (Lipinski definition) is 3. The van der Waals surface area contributed by atoms with E-state index < -0.39 is 5.91 Å². The minimum absolute atomic E-state index is 0.0201. The Morgan fingerprint density at radius 2 is 1.82 bits per heavy atom. The highest BCUT2D eigenvalue weighted by molar-refractivity contribution is 6.33. The lowest BCUT2D eigenvalue weighted by molar-refractivity contribution is 0.0949. The van der Waals surface area contributed by atoms with Crippen LogP contribution in [0.15, 0.2) is 54.7 Å². The van der Waals surface area contributed by atoms with Crippen LogP contribution in [0.2, 0.25) is 5.02 Å². The summed E-state index contributed by atoms with van der Waals surface area (Å²) in [5.41, 5.74) is 13.4. The molecule has 7 nitrogen and oxygen atoms in total. The molecule has 28 heavy (non-hydrogen) atoms. The summed E-state index contributed by atoms with van der Waals surface area (Å²) in [6.07, 6.45) is 1.80. The van der Waals surface area contributed by atoms with Crippen LogP contribution in [0.25, 0.3) is 0 Å². The van der Waals surface area contributed by atoms with Gasteiger partial charge in [-0.05, 0) is 23.3 Å². The lowest BCUT2D eigenvalue weighted by Gasteiger charge is -2.10. The number of carbonyl (C=O) groups excluding carboxylic acids is 2. The number of aromatic nitrogens is 2. The Balaban J connectivity index is 1.77. The fraction of sp³-hybridized carbons (Fsp3) is 0.100. The number of benzene rings is 2. The number of nitrogens with one attached hydrogen (secondary N) is 1. The van der Waals surface area contributed by atoms with Crippen LogP contribution < -0.4 is 16.8 Å². The largest absolute Gasteiger partial charge is 0.382 e. The Kier molecular flexibility index (Phi) is 5.86. The van der Waals surface area contributed by atoms with E-state index in [-0.39, 0.29) is 17.4 Å². The first kappa shape index (κ1) is 19.3. The standard InChI is InChI=1S/C20H18ClN5O2/c21-16-7-6-13(8-14-11-24-18(22)17(26-14)19(23)27)9-15(16)20(28)25-10-12-4-2-1-3-5-12/h1-7,9,11H,8,10H2,(H2,22,24)(H2,23,27)(H,25,28). The molecule has 0 bridgehead atoms. The lowest BCUT2D eigenvalue weighted by atomic mass is 10.1. The predicted molar refractivity (Wildman–Crippen MR) is 107 cm³/mol. The van der Waals surface area contributed by atoms with Gasteiger partial charge in [-0.25, -0.2) is 9.97 Å². The van der Waals surface area contributed by atoms with E-state index >= 15 is 0 Å². The van der Waals surface area contributed by atoms with Crippen molar-refractivity contribution in [3.8, 4) is 0 Å².